The number of rotatable bonds is 5. The number of halogens is 3. The van der Waals surface area contributed by atoms with Gasteiger partial charge in [0.2, 0.25) is 0 Å². The summed E-state index contributed by atoms with van der Waals surface area (Å²) >= 11 is 0. The van der Waals surface area contributed by atoms with Gasteiger partial charge in [-0.1, -0.05) is 6.07 Å². The number of methoxy groups -OCH3 is 2. The number of nitrogens with one attached hydrogen (secondary N) is 1. The first-order valence-corrected chi connectivity index (χ1v) is 6.52. The van der Waals surface area contributed by atoms with E-state index in [0.29, 0.717) is 11.5 Å². The maximum Gasteiger partial charge on any atom is 0.161 e. The normalized spacial score (nSPS) is 16.3. The zero-order valence-electron chi connectivity index (χ0n) is 12.3. The highest BCUT2D eigenvalue weighted by Crippen LogP contribution is 2.32. The lowest BCUT2D eigenvalue weighted by atomic mass is 10.0. The second kappa shape index (κ2) is 10.1. The molecule has 0 aromatic heterocycles. The molecule has 4 nitrogen and oxygen atoms in total. The third-order valence-electron chi connectivity index (χ3n) is 3.53. The maximum absolute atomic E-state index is 13.4. The predicted octanol–water partition coefficient (Wildman–Crippen LogP) is 2.46. The van der Waals surface area contributed by atoms with Crippen LogP contribution in [-0.4, -0.2) is 52.0 Å². The average molecular weight is 341 g/mol. The van der Waals surface area contributed by atoms with E-state index >= 15 is 0 Å². The molecule has 1 aromatic carbocycles. The quantitative estimate of drug-likeness (QED) is 0.892. The summed E-state index contributed by atoms with van der Waals surface area (Å²) in [7, 11) is 3.19. The molecule has 1 saturated heterocycles. The van der Waals surface area contributed by atoms with Gasteiger partial charge in [-0.05, 0) is 17.7 Å². The number of hydrogen-bond acceptors (Lipinski definition) is 4. The monoisotopic (exact) mass is 340 g/mol. The van der Waals surface area contributed by atoms with Crippen molar-refractivity contribution in [2.75, 3.05) is 47.1 Å². The summed E-state index contributed by atoms with van der Waals surface area (Å²) in [6.07, 6.45) is 0. The Labute approximate surface area is 137 Å². The molecule has 0 amide bonds. The van der Waals surface area contributed by atoms with Crippen molar-refractivity contribution in [3.63, 3.8) is 0 Å². The van der Waals surface area contributed by atoms with Gasteiger partial charge in [-0.2, -0.15) is 0 Å². The molecule has 7 heteroatoms. The molecule has 122 valence electrons. The zero-order valence-corrected chi connectivity index (χ0v) is 13.9. The Morgan fingerprint density at radius 3 is 2.29 bits per heavy atom. The van der Waals surface area contributed by atoms with Crippen LogP contribution in [0.25, 0.3) is 0 Å². The van der Waals surface area contributed by atoms with Crippen LogP contribution in [0.5, 0.6) is 11.5 Å². The summed E-state index contributed by atoms with van der Waals surface area (Å²) in [6, 6.07) is 5.40. The fraction of sp³-hybridized carbons (Fsp3) is 0.571. The number of hydrogen-bond donors (Lipinski definition) is 1. The summed E-state index contributed by atoms with van der Waals surface area (Å²) in [4.78, 5) is 2.16. The van der Waals surface area contributed by atoms with Crippen molar-refractivity contribution in [1.82, 2.24) is 10.2 Å². The second-order valence-electron chi connectivity index (χ2n) is 4.57. The minimum absolute atomic E-state index is 0. The topological polar surface area (TPSA) is 33.7 Å². The van der Waals surface area contributed by atoms with Crippen molar-refractivity contribution in [2.45, 2.75) is 6.04 Å². The van der Waals surface area contributed by atoms with Crippen LogP contribution in [0.2, 0.25) is 0 Å². The Kier molecular flexibility index (Phi) is 9.70. The van der Waals surface area contributed by atoms with Crippen LogP contribution < -0.4 is 14.8 Å². The molecule has 1 atom stereocenters. The van der Waals surface area contributed by atoms with Crippen LogP contribution in [0, 0.1) is 0 Å². The number of ether oxygens (including phenoxy) is 2. The van der Waals surface area contributed by atoms with Crippen molar-refractivity contribution in [2.24, 2.45) is 0 Å². The van der Waals surface area contributed by atoms with Crippen LogP contribution in [0.4, 0.5) is 4.39 Å². The van der Waals surface area contributed by atoms with Gasteiger partial charge in [-0.3, -0.25) is 4.90 Å². The Balaban J connectivity index is 0.00000200. The highest BCUT2D eigenvalue weighted by Gasteiger charge is 2.23. The molecule has 0 unspecified atom stereocenters. The Bertz CT molecular complexity index is 418. The number of piperazine rings is 1. The largest absolute Gasteiger partial charge is 0.493 e. The van der Waals surface area contributed by atoms with E-state index in [4.69, 9.17) is 9.47 Å². The molecule has 1 N–H and O–H groups in total. The number of benzene rings is 1. The molecular formula is C14H23Cl2FN2O2. The van der Waals surface area contributed by atoms with Crippen molar-refractivity contribution < 1.29 is 13.9 Å². The van der Waals surface area contributed by atoms with E-state index < -0.39 is 6.67 Å². The highest BCUT2D eigenvalue weighted by molar-refractivity contribution is 5.85. The van der Waals surface area contributed by atoms with E-state index in [0.717, 1.165) is 31.7 Å². The molecule has 2 rings (SSSR count). The molecular weight excluding hydrogens is 318 g/mol. The summed E-state index contributed by atoms with van der Waals surface area (Å²) in [5, 5.41) is 3.28. The fourth-order valence-corrected chi connectivity index (χ4v) is 2.45. The first-order valence-electron chi connectivity index (χ1n) is 6.52. The minimum Gasteiger partial charge on any atom is -0.493 e. The second-order valence-corrected chi connectivity index (χ2v) is 4.57. The standard InChI is InChI=1S/C14H21FN2O2.2ClH/c1-18-13-4-3-11(9-14(13)19-2)12(10-15)17-7-5-16-6-8-17;;/h3-4,9,12,16H,5-8,10H2,1-2H3;2*1H/t12-;;/m1../s1. The van der Waals surface area contributed by atoms with Gasteiger partial charge < -0.3 is 14.8 Å². The first kappa shape index (κ1) is 20.2. The number of alkyl halides is 1. The Morgan fingerprint density at radius 1 is 1.14 bits per heavy atom. The molecule has 21 heavy (non-hydrogen) atoms. The van der Waals surface area contributed by atoms with Gasteiger partial charge in [0.25, 0.3) is 0 Å². The van der Waals surface area contributed by atoms with Gasteiger partial charge in [-0.15, -0.1) is 24.8 Å². The molecule has 0 radical (unpaired) electrons. The molecule has 0 spiro atoms. The highest BCUT2D eigenvalue weighted by atomic mass is 35.5. The van der Waals surface area contributed by atoms with Gasteiger partial charge in [-0.25, -0.2) is 4.39 Å². The van der Waals surface area contributed by atoms with E-state index in [-0.39, 0.29) is 30.9 Å². The molecule has 1 aromatic rings. The lowest BCUT2D eigenvalue weighted by molar-refractivity contribution is 0.147. The SMILES string of the molecule is COc1ccc([C@@H](CF)N2CCNCC2)cc1OC.Cl.Cl. The van der Waals surface area contributed by atoms with Gasteiger partial charge in [0.1, 0.15) is 6.67 Å². The number of nitrogens with zero attached hydrogens (tertiary/aromatic N) is 1. The van der Waals surface area contributed by atoms with E-state index in [1.54, 1.807) is 14.2 Å². The maximum atomic E-state index is 13.4. The zero-order chi connectivity index (χ0) is 13.7. The van der Waals surface area contributed by atoms with Crippen LogP contribution in [-0.2, 0) is 0 Å². The first-order chi connectivity index (χ1) is 9.30. The lowest BCUT2D eigenvalue weighted by Crippen LogP contribution is -2.45. The fourth-order valence-electron chi connectivity index (χ4n) is 2.45. The third-order valence-corrected chi connectivity index (χ3v) is 3.53. The predicted molar refractivity (Wildman–Crippen MR) is 87.2 cm³/mol. The van der Waals surface area contributed by atoms with E-state index in [1.807, 2.05) is 18.2 Å². The third kappa shape index (κ3) is 4.88. The summed E-state index contributed by atoms with van der Waals surface area (Å²) in [5.41, 5.74) is 0.932. The van der Waals surface area contributed by atoms with Crippen LogP contribution >= 0.6 is 24.8 Å². The molecule has 0 aliphatic carbocycles. The van der Waals surface area contributed by atoms with Crippen LogP contribution in [0.15, 0.2) is 18.2 Å². The summed E-state index contributed by atoms with van der Waals surface area (Å²) in [5.74, 6) is 1.32. The summed E-state index contributed by atoms with van der Waals surface area (Å²) in [6.45, 7) is 3.15. The van der Waals surface area contributed by atoms with Crippen molar-refractivity contribution >= 4 is 24.8 Å². The van der Waals surface area contributed by atoms with Crippen molar-refractivity contribution in [3.05, 3.63) is 23.8 Å². The molecule has 1 aliphatic heterocycles. The van der Waals surface area contributed by atoms with Gasteiger partial charge in [0, 0.05) is 26.2 Å². The molecule has 0 saturated carbocycles. The van der Waals surface area contributed by atoms with E-state index in [2.05, 4.69) is 10.2 Å². The lowest BCUT2D eigenvalue weighted by Gasteiger charge is -2.33. The van der Waals surface area contributed by atoms with Crippen LogP contribution in [0.1, 0.15) is 11.6 Å². The minimum atomic E-state index is -0.393. The average Bonchev–Trinajstić information content (AvgIpc) is 2.49. The molecule has 1 fully saturated rings. The van der Waals surface area contributed by atoms with E-state index in [1.165, 1.54) is 0 Å². The smallest absolute Gasteiger partial charge is 0.161 e. The molecule has 0 bridgehead atoms. The van der Waals surface area contributed by atoms with Crippen molar-refractivity contribution in [3.8, 4) is 11.5 Å². The Hall–Kier alpha value is -0.750. The Morgan fingerprint density at radius 2 is 1.76 bits per heavy atom. The van der Waals surface area contributed by atoms with Crippen LogP contribution in [0.3, 0.4) is 0 Å². The van der Waals surface area contributed by atoms with Gasteiger partial charge in [0.15, 0.2) is 11.5 Å². The van der Waals surface area contributed by atoms with E-state index in [9.17, 15) is 4.39 Å². The van der Waals surface area contributed by atoms with Gasteiger partial charge in [0.05, 0.1) is 20.3 Å². The molecule has 1 aliphatic rings. The van der Waals surface area contributed by atoms with Crippen molar-refractivity contribution in [1.29, 1.82) is 0 Å². The summed E-state index contributed by atoms with van der Waals surface area (Å²) < 4.78 is 23.9. The van der Waals surface area contributed by atoms with Gasteiger partial charge >= 0.3 is 0 Å². The molecule has 1 heterocycles.